The van der Waals surface area contributed by atoms with Crippen molar-refractivity contribution in [3.63, 3.8) is 0 Å². The molecule has 0 saturated carbocycles. The molecule has 1 atom stereocenters. The molecule has 24 heavy (non-hydrogen) atoms. The van der Waals surface area contributed by atoms with Crippen LogP contribution < -0.4 is 0 Å². The van der Waals surface area contributed by atoms with Gasteiger partial charge in [-0.25, -0.2) is 0 Å². The van der Waals surface area contributed by atoms with E-state index in [-0.39, 0.29) is 19.0 Å². The molecule has 3 aliphatic heterocycles. The molecule has 2 saturated heterocycles. The van der Waals surface area contributed by atoms with E-state index >= 15 is 0 Å². The summed E-state index contributed by atoms with van der Waals surface area (Å²) in [5, 5.41) is 0. The lowest BCUT2D eigenvalue weighted by Crippen LogP contribution is -2.47. The summed E-state index contributed by atoms with van der Waals surface area (Å²) in [5.74, 6) is -1.77. The molecule has 0 radical (unpaired) electrons. The molecule has 4 rings (SSSR count). The van der Waals surface area contributed by atoms with Gasteiger partial charge in [-0.15, -0.1) is 0 Å². The molecule has 4 amide bonds. The molecule has 1 aromatic carbocycles. The van der Waals surface area contributed by atoms with Gasteiger partial charge in [-0.05, 0) is 38.1 Å². The van der Waals surface area contributed by atoms with Crippen molar-refractivity contribution in [3.8, 4) is 0 Å². The zero-order valence-electron chi connectivity index (χ0n) is 13.1. The van der Waals surface area contributed by atoms with E-state index < -0.39 is 23.8 Å². The second kappa shape index (κ2) is 5.52. The summed E-state index contributed by atoms with van der Waals surface area (Å²) >= 11 is 0. The number of carbonyl (C=O) groups is 4. The molecule has 0 bridgehead atoms. The van der Waals surface area contributed by atoms with Crippen molar-refractivity contribution >= 4 is 23.6 Å². The van der Waals surface area contributed by atoms with Gasteiger partial charge in [0.25, 0.3) is 17.7 Å². The first-order valence-corrected chi connectivity index (χ1v) is 8.11. The average molecular weight is 327 g/mol. The lowest BCUT2D eigenvalue weighted by Gasteiger charge is -2.24. The molecule has 0 aliphatic carbocycles. The van der Waals surface area contributed by atoms with Crippen molar-refractivity contribution in [2.24, 2.45) is 0 Å². The first-order chi connectivity index (χ1) is 11.6. The van der Waals surface area contributed by atoms with Crippen molar-refractivity contribution in [1.29, 1.82) is 0 Å². The van der Waals surface area contributed by atoms with Crippen LogP contribution in [0.1, 0.15) is 40.0 Å². The third kappa shape index (κ3) is 2.16. The summed E-state index contributed by atoms with van der Waals surface area (Å²) in [6.45, 7) is 1.96. The Labute approximate surface area is 138 Å². The molecule has 124 valence electrons. The Morgan fingerprint density at radius 1 is 0.917 bits per heavy atom. The molecular weight excluding hydrogens is 310 g/mol. The Morgan fingerprint density at radius 2 is 1.50 bits per heavy atom. The number of benzene rings is 1. The van der Waals surface area contributed by atoms with E-state index in [1.165, 1.54) is 4.90 Å². The van der Waals surface area contributed by atoms with Gasteiger partial charge >= 0.3 is 0 Å². The second-order valence-electron chi connectivity index (χ2n) is 6.37. The summed E-state index contributed by atoms with van der Waals surface area (Å²) in [4.78, 5) is 54.1. The summed E-state index contributed by atoms with van der Waals surface area (Å²) in [6, 6.07) is 5.47. The second-order valence-corrected chi connectivity index (χ2v) is 6.37. The Hall–Kier alpha value is -2.54. The van der Waals surface area contributed by atoms with Gasteiger partial charge in [-0.1, -0.05) is 12.1 Å². The molecule has 0 spiro atoms. The fraction of sp³-hybridized carbons (Fsp3) is 0.412. The van der Waals surface area contributed by atoms with Crippen LogP contribution in [0.15, 0.2) is 24.3 Å². The van der Waals surface area contributed by atoms with Crippen molar-refractivity contribution in [2.75, 3.05) is 19.8 Å². The highest BCUT2D eigenvalue weighted by molar-refractivity contribution is 6.24. The smallest absolute Gasteiger partial charge is 0.262 e. The zero-order chi connectivity index (χ0) is 16.8. The van der Waals surface area contributed by atoms with Gasteiger partial charge in [0.2, 0.25) is 5.91 Å². The Morgan fingerprint density at radius 3 is 2.08 bits per heavy atom. The van der Waals surface area contributed by atoms with E-state index in [0.29, 0.717) is 11.1 Å². The predicted molar refractivity (Wildman–Crippen MR) is 82.9 cm³/mol. The van der Waals surface area contributed by atoms with Gasteiger partial charge in [-0.3, -0.25) is 33.9 Å². The number of hydrogen-bond donors (Lipinski definition) is 0. The number of carbonyl (C=O) groups excluding carboxylic acids is 4. The van der Waals surface area contributed by atoms with Crippen LogP contribution in [0.4, 0.5) is 0 Å². The van der Waals surface area contributed by atoms with Crippen LogP contribution in [0.25, 0.3) is 0 Å². The molecular formula is C17H17N3O4. The van der Waals surface area contributed by atoms with E-state index in [0.717, 1.165) is 30.8 Å². The minimum absolute atomic E-state index is 0.127. The Balaban J connectivity index is 1.57. The monoisotopic (exact) mass is 327 g/mol. The maximum absolute atomic E-state index is 12.7. The summed E-state index contributed by atoms with van der Waals surface area (Å²) in [5.41, 5.74) is 0.585. The number of hydrogen-bond acceptors (Lipinski definition) is 5. The van der Waals surface area contributed by atoms with Gasteiger partial charge in [-0.2, -0.15) is 0 Å². The highest BCUT2D eigenvalue weighted by Crippen LogP contribution is 2.29. The maximum Gasteiger partial charge on any atom is 0.262 e. The van der Waals surface area contributed by atoms with Crippen LogP contribution in [0.2, 0.25) is 0 Å². The quantitative estimate of drug-likeness (QED) is 0.754. The number of rotatable bonds is 3. The number of amides is 4. The fourth-order valence-corrected chi connectivity index (χ4v) is 3.63. The summed E-state index contributed by atoms with van der Waals surface area (Å²) < 4.78 is 0. The molecule has 0 aromatic heterocycles. The van der Waals surface area contributed by atoms with Crippen LogP contribution >= 0.6 is 0 Å². The standard InChI is InChI=1S/C17H17N3O4/c21-14-9-13(17(24)19(14)10-18-7-3-4-8-18)20-15(22)11-5-1-2-6-12(11)16(20)23/h1-2,5-6,13H,3-4,7-10H2. The molecule has 7 heteroatoms. The SMILES string of the molecule is O=C1CC(N2C(=O)c3ccccc3C2=O)C(=O)N1CN1CCCC1. The fourth-order valence-electron chi connectivity index (χ4n) is 3.63. The van der Waals surface area contributed by atoms with Crippen LogP contribution in [-0.4, -0.2) is 64.1 Å². The van der Waals surface area contributed by atoms with Crippen molar-refractivity contribution in [2.45, 2.75) is 25.3 Å². The van der Waals surface area contributed by atoms with E-state index in [1.54, 1.807) is 24.3 Å². The van der Waals surface area contributed by atoms with Crippen molar-refractivity contribution in [3.05, 3.63) is 35.4 Å². The van der Waals surface area contributed by atoms with Crippen molar-refractivity contribution < 1.29 is 19.2 Å². The van der Waals surface area contributed by atoms with Gasteiger partial charge in [0.15, 0.2) is 0 Å². The zero-order valence-corrected chi connectivity index (χ0v) is 13.1. The molecule has 7 nitrogen and oxygen atoms in total. The van der Waals surface area contributed by atoms with Crippen LogP contribution in [0.3, 0.4) is 0 Å². The van der Waals surface area contributed by atoms with Gasteiger partial charge < -0.3 is 0 Å². The highest BCUT2D eigenvalue weighted by Gasteiger charge is 2.49. The summed E-state index contributed by atoms with van der Waals surface area (Å²) in [7, 11) is 0. The molecule has 1 aromatic rings. The lowest BCUT2D eigenvalue weighted by molar-refractivity contribution is -0.141. The minimum Gasteiger partial charge on any atom is -0.286 e. The normalized spacial score (nSPS) is 24.4. The topological polar surface area (TPSA) is 78.0 Å². The Bertz CT molecular complexity index is 719. The van der Waals surface area contributed by atoms with E-state index in [1.807, 2.05) is 4.90 Å². The first kappa shape index (κ1) is 15.0. The number of likely N-dealkylation sites (tertiary alicyclic amines) is 2. The molecule has 1 unspecified atom stereocenters. The predicted octanol–water partition coefficient (Wildman–Crippen LogP) is 0.463. The van der Waals surface area contributed by atoms with E-state index in [2.05, 4.69) is 0 Å². The van der Waals surface area contributed by atoms with Gasteiger partial charge in [0.05, 0.1) is 24.2 Å². The molecule has 2 fully saturated rings. The Kier molecular flexibility index (Phi) is 3.45. The molecule has 3 aliphatic rings. The van der Waals surface area contributed by atoms with Crippen molar-refractivity contribution in [1.82, 2.24) is 14.7 Å². The molecule has 3 heterocycles. The first-order valence-electron chi connectivity index (χ1n) is 8.11. The van der Waals surface area contributed by atoms with Crippen LogP contribution in [-0.2, 0) is 9.59 Å². The number of imide groups is 2. The van der Waals surface area contributed by atoms with Crippen LogP contribution in [0.5, 0.6) is 0 Å². The highest BCUT2D eigenvalue weighted by atomic mass is 16.2. The number of fused-ring (bicyclic) bond motifs is 1. The number of nitrogens with zero attached hydrogens (tertiary/aromatic N) is 3. The molecule has 0 N–H and O–H groups in total. The van der Waals surface area contributed by atoms with E-state index in [4.69, 9.17) is 0 Å². The largest absolute Gasteiger partial charge is 0.286 e. The third-order valence-corrected chi connectivity index (χ3v) is 4.90. The lowest BCUT2D eigenvalue weighted by atomic mass is 10.1. The average Bonchev–Trinajstić information content (AvgIpc) is 3.25. The van der Waals surface area contributed by atoms with E-state index in [9.17, 15) is 19.2 Å². The van der Waals surface area contributed by atoms with Gasteiger partial charge in [0.1, 0.15) is 6.04 Å². The minimum atomic E-state index is -1.02. The summed E-state index contributed by atoms with van der Waals surface area (Å²) in [6.07, 6.45) is 1.98. The van der Waals surface area contributed by atoms with Crippen LogP contribution in [0, 0.1) is 0 Å². The third-order valence-electron chi connectivity index (χ3n) is 4.90. The van der Waals surface area contributed by atoms with Gasteiger partial charge in [0, 0.05) is 0 Å². The maximum atomic E-state index is 12.7.